The fourth-order valence-corrected chi connectivity index (χ4v) is 1.84. The van der Waals surface area contributed by atoms with E-state index in [0.717, 1.165) is 5.56 Å². The first-order chi connectivity index (χ1) is 9.22. The van der Waals surface area contributed by atoms with E-state index in [1.165, 1.54) is 12.6 Å². The molecule has 1 aromatic carbocycles. The maximum Gasteiger partial charge on any atom is 0.491 e. The maximum atomic E-state index is 11.7. The highest BCUT2D eigenvalue weighted by atomic mass is 16.5. The van der Waals surface area contributed by atoms with Crippen molar-refractivity contribution < 1.29 is 18.9 Å². The first kappa shape index (κ1) is 11.8. The van der Waals surface area contributed by atoms with Crippen LogP contribution >= 0.6 is 0 Å². The molecule has 2 heterocycles. The highest BCUT2D eigenvalue weighted by molar-refractivity contribution is 6.61. The Labute approximate surface area is 108 Å². The summed E-state index contributed by atoms with van der Waals surface area (Å²) in [6.45, 7) is 0.376. The third-order valence-corrected chi connectivity index (χ3v) is 2.74. The number of hydrogen-bond acceptors (Lipinski definition) is 5. The van der Waals surface area contributed by atoms with E-state index in [0.29, 0.717) is 17.8 Å². The summed E-state index contributed by atoms with van der Waals surface area (Å²) in [4.78, 5) is 15.3. The topological polar surface area (TPSA) is 96.6 Å². The van der Waals surface area contributed by atoms with E-state index in [1.807, 2.05) is 0 Å². The van der Waals surface area contributed by atoms with Gasteiger partial charge in [-0.3, -0.25) is 5.32 Å². The SMILES string of the molecule is O=C(Nc1ccc2c(c1)B(O)OC2)Nc1cnco1. The molecule has 0 saturated carbocycles. The molecule has 1 aliphatic rings. The summed E-state index contributed by atoms with van der Waals surface area (Å²) in [7, 11) is -0.936. The smallest absolute Gasteiger partial charge is 0.428 e. The van der Waals surface area contributed by atoms with E-state index < -0.39 is 13.1 Å². The van der Waals surface area contributed by atoms with Gasteiger partial charge in [0.25, 0.3) is 0 Å². The van der Waals surface area contributed by atoms with Gasteiger partial charge in [0.15, 0.2) is 6.39 Å². The molecule has 2 amide bonds. The number of benzene rings is 1. The van der Waals surface area contributed by atoms with Crippen molar-refractivity contribution in [1.82, 2.24) is 4.98 Å². The van der Waals surface area contributed by atoms with Crippen molar-refractivity contribution in [1.29, 1.82) is 0 Å². The Kier molecular flexibility index (Phi) is 2.94. The molecule has 0 fully saturated rings. The van der Waals surface area contributed by atoms with E-state index in [1.54, 1.807) is 18.2 Å². The van der Waals surface area contributed by atoms with Crippen molar-refractivity contribution in [3.63, 3.8) is 0 Å². The van der Waals surface area contributed by atoms with Crippen LogP contribution in [0, 0.1) is 0 Å². The molecule has 7 nitrogen and oxygen atoms in total. The molecule has 0 spiro atoms. The normalized spacial score (nSPS) is 13.2. The molecular weight excluding hydrogens is 249 g/mol. The van der Waals surface area contributed by atoms with Crippen molar-refractivity contribution in [3.05, 3.63) is 36.4 Å². The summed E-state index contributed by atoms with van der Waals surface area (Å²) in [5.41, 5.74) is 2.13. The van der Waals surface area contributed by atoms with Crippen LogP contribution in [0.3, 0.4) is 0 Å². The number of fused-ring (bicyclic) bond motifs is 1. The third kappa shape index (κ3) is 2.44. The lowest BCUT2D eigenvalue weighted by Gasteiger charge is -2.07. The van der Waals surface area contributed by atoms with Crippen molar-refractivity contribution in [2.75, 3.05) is 10.6 Å². The molecule has 0 bridgehead atoms. The predicted molar refractivity (Wildman–Crippen MR) is 68.0 cm³/mol. The Hall–Kier alpha value is -2.32. The van der Waals surface area contributed by atoms with Gasteiger partial charge in [0.05, 0.1) is 12.8 Å². The van der Waals surface area contributed by atoms with E-state index >= 15 is 0 Å². The second kappa shape index (κ2) is 4.75. The molecule has 0 radical (unpaired) electrons. The fraction of sp³-hybridized carbons (Fsp3) is 0.0909. The minimum Gasteiger partial charge on any atom is -0.428 e. The molecule has 0 unspecified atom stereocenters. The molecule has 2 aromatic rings. The van der Waals surface area contributed by atoms with E-state index in [4.69, 9.17) is 9.07 Å². The number of carbonyl (C=O) groups excluding carboxylic acids is 1. The Morgan fingerprint density at radius 2 is 2.32 bits per heavy atom. The Morgan fingerprint density at radius 1 is 1.42 bits per heavy atom. The van der Waals surface area contributed by atoms with Gasteiger partial charge in [-0.2, -0.15) is 0 Å². The number of urea groups is 1. The lowest BCUT2D eigenvalue weighted by molar-refractivity contribution is 0.261. The Morgan fingerprint density at radius 3 is 3.11 bits per heavy atom. The molecule has 96 valence electrons. The molecule has 0 atom stereocenters. The van der Waals surface area contributed by atoms with Crippen molar-refractivity contribution in [2.24, 2.45) is 0 Å². The van der Waals surface area contributed by atoms with Gasteiger partial charge < -0.3 is 19.4 Å². The molecule has 3 N–H and O–H groups in total. The van der Waals surface area contributed by atoms with Crippen LogP contribution in [-0.2, 0) is 11.3 Å². The van der Waals surface area contributed by atoms with Gasteiger partial charge in [0.1, 0.15) is 0 Å². The number of nitrogens with one attached hydrogen (secondary N) is 2. The van der Waals surface area contributed by atoms with Crippen molar-refractivity contribution in [2.45, 2.75) is 6.61 Å². The third-order valence-electron chi connectivity index (χ3n) is 2.74. The van der Waals surface area contributed by atoms with Crippen LogP contribution in [0.2, 0.25) is 0 Å². The number of hydrogen-bond donors (Lipinski definition) is 3. The lowest BCUT2D eigenvalue weighted by atomic mass is 9.79. The lowest BCUT2D eigenvalue weighted by Crippen LogP contribution is -2.29. The molecule has 0 aliphatic carbocycles. The molecule has 1 aromatic heterocycles. The number of carbonyl (C=O) groups is 1. The standard InChI is InChI=1S/C11H10BN3O4/c16-11(15-10-4-13-6-18-10)14-8-2-1-7-5-19-12(17)9(7)3-8/h1-4,6,17H,5H2,(H2,14,15,16). The highest BCUT2D eigenvalue weighted by Crippen LogP contribution is 2.15. The summed E-state index contributed by atoms with van der Waals surface area (Å²) in [5, 5.41) is 14.7. The van der Waals surface area contributed by atoms with Crippen LogP contribution in [0.15, 0.2) is 35.2 Å². The van der Waals surface area contributed by atoms with Gasteiger partial charge in [-0.05, 0) is 23.2 Å². The van der Waals surface area contributed by atoms with Crippen LogP contribution in [0.25, 0.3) is 0 Å². The van der Waals surface area contributed by atoms with Gasteiger partial charge in [-0.1, -0.05) is 6.07 Å². The maximum absolute atomic E-state index is 11.7. The monoisotopic (exact) mass is 259 g/mol. The van der Waals surface area contributed by atoms with Crippen LogP contribution in [0.1, 0.15) is 5.56 Å². The fourth-order valence-electron chi connectivity index (χ4n) is 1.84. The quantitative estimate of drug-likeness (QED) is 0.684. The number of amides is 2. The van der Waals surface area contributed by atoms with E-state index in [-0.39, 0.29) is 5.88 Å². The van der Waals surface area contributed by atoms with E-state index in [2.05, 4.69) is 15.6 Å². The van der Waals surface area contributed by atoms with Crippen LogP contribution in [0.4, 0.5) is 16.4 Å². The molecule has 0 saturated heterocycles. The van der Waals surface area contributed by atoms with Gasteiger partial charge >= 0.3 is 13.1 Å². The van der Waals surface area contributed by atoms with Gasteiger partial charge in [-0.25, -0.2) is 9.78 Å². The average Bonchev–Trinajstić information content (AvgIpc) is 3.00. The van der Waals surface area contributed by atoms with Gasteiger partial charge in [0, 0.05) is 5.69 Å². The van der Waals surface area contributed by atoms with Crippen molar-refractivity contribution >= 4 is 30.2 Å². The largest absolute Gasteiger partial charge is 0.491 e. The highest BCUT2D eigenvalue weighted by Gasteiger charge is 2.27. The Bertz CT molecular complexity index is 602. The summed E-state index contributed by atoms with van der Waals surface area (Å²) in [6, 6.07) is 4.76. The first-order valence-electron chi connectivity index (χ1n) is 5.61. The van der Waals surface area contributed by atoms with Crippen LogP contribution < -0.4 is 16.1 Å². The number of oxazole rings is 1. The van der Waals surface area contributed by atoms with E-state index in [9.17, 15) is 9.82 Å². The number of rotatable bonds is 2. The predicted octanol–water partition coefficient (Wildman–Crippen LogP) is 0.536. The first-order valence-corrected chi connectivity index (χ1v) is 5.61. The average molecular weight is 259 g/mol. The van der Waals surface area contributed by atoms with Gasteiger partial charge in [0.2, 0.25) is 5.88 Å². The van der Waals surface area contributed by atoms with Crippen molar-refractivity contribution in [3.8, 4) is 0 Å². The zero-order valence-corrected chi connectivity index (χ0v) is 9.79. The summed E-state index contributed by atoms with van der Waals surface area (Å²) in [5.74, 6) is 0.252. The summed E-state index contributed by atoms with van der Waals surface area (Å²) >= 11 is 0. The second-order valence-corrected chi connectivity index (χ2v) is 4.02. The minimum absolute atomic E-state index is 0.252. The molecule has 19 heavy (non-hydrogen) atoms. The van der Waals surface area contributed by atoms with Gasteiger partial charge in [-0.15, -0.1) is 0 Å². The van der Waals surface area contributed by atoms with Crippen LogP contribution in [0.5, 0.6) is 0 Å². The Balaban J connectivity index is 1.70. The number of aromatic nitrogens is 1. The zero-order chi connectivity index (χ0) is 13.2. The second-order valence-electron chi connectivity index (χ2n) is 4.02. The zero-order valence-electron chi connectivity index (χ0n) is 9.79. The van der Waals surface area contributed by atoms with Crippen LogP contribution in [-0.4, -0.2) is 23.2 Å². The number of nitrogens with zero attached hydrogens (tertiary/aromatic N) is 1. The minimum atomic E-state index is -0.936. The summed E-state index contributed by atoms with van der Waals surface area (Å²) in [6.07, 6.45) is 2.61. The number of anilines is 2. The molecule has 8 heteroatoms. The molecular formula is C11H10BN3O4. The summed E-state index contributed by atoms with van der Waals surface area (Å²) < 4.78 is 9.96. The molecule has 3 rings (SSSR count). The molecule has 1 aliphatic heterocycles.